The molecular formula is C28H31N3O3. The Morgan fingerprint density at radius 1 is 1.03 bits per heavy atom. The lowest BCUT2D eigenvalue weighted by Crippen LogP contribution is -2.36. The van der Waals surface area contributed by atoms with Gasteiger partial charge in [-0.15, -0.1) is 0 Å². The SMILES string of the molecule is Cc1ccc(N(Cc2ccc3c(c2)CN(C(=O)Nc2ccccc2)CCO3)C(=O)C(C)C)cc1. The summed E-state index contributed by atoms with van der Waals surface area (Å²) >= 11 is 0. The summed E-state index contributed by atoms with van der Waals surface area (Å²) in [4.78, 5) is 29.5. The molecule has 6 nitrogen and oxygen atoms in total. The van der Waals surface area contributed by atoms with Gasteiger partial charge in [0, 0.05) is 22.9 Å². The first-order chi connectivity index (χ1) is 16.4. The summed E-state index contributed by atoms with van der Waals surface area (Å²) in [6, 6.07) is 23.2. The van der Waals surface area contributed by atoms with Gasteiger partial charge >= 0.3 is 6.03 Å². The number of benzene rings is 3. The molecule has 4 rings (SSSR count). The lowest BCUT2D eigenvalue weighted by molar-refractivity contribution is -0.121. The second-order valence-corrected chi connectivity index (χ2v) is 8.92. The summed E-state index contributed by atoms with van der Waals surface area (Å²) in [6.45, 7) is 7.66. The average molecular weight is 458 g/mol. The summed E-state index contributed by atoms with van der Waals surface area (Å²) in [7, 11) is 0. The number of carbonyl (C=O) groups excluding carboxylic acids is 2. The van der Waals surface area contributed by atoms with Crippen LogP contribution in [0.2, 0.25) is 0 Å². The lowest BCUT2D eigenvalue weighted by Gasteiger charge is -2.26. The van der Waals surface area contributed by atoms with Crippen LogP contribution in [0.1, 0.15) is 30.5 Å². The van der Waals surface area contributed by atoms with Gasteiger partial charge in [0.25, 0.3) is 0 Å². The minimum Gasteiger partial charge on any atom is -0.491 e. The van der Waals surface area contributed by atoms with Crippen LogP contribution in [-0.4, -0.2) is 30.0 Å². The van der Waals surface area contributed by atoms with E-state index < -0.39 is 0 Å². The summed E-state index contributed by atoms with van der Waals surface area (Å²) < 4.78 is 5.92. The van der Waals surface area contributed by atoms with Gasteiger partial charge < -0.3 is 19.9 Å². The van der Waals surface area contributed by atoms with Gasteiger partial charge in [0.2, 0.25) is 5.91 Å². The van der Waals surface area contributed by atoms with Crippen LogP contribution in [-0.2, 0) is 17.9 Å². The van der Waals surface area contributed by atoms with Crippen molar-refractivity contribution in [1.29, 1.82) is 0 Å². The Labute approximate surface area is 201 Å². The number of anilines is 2. The van der Waals surface area contributed by atoms with E-state index in [-0.39, 0.29) is 17.9 Å². The molecule has 0 saturated heterocycles. The predicted octanol–water partition coefficient (Wildman–Crippen LogP) is 5.61. The number of nitrogens with zero attached hydrogens (tertiary/aromatic N) is 2. The molecule has 0 unspecified atom stereocenters. The first-order valence-corrected chi connectivity index (χ1v) is 11.6. The highest BCUT2D eigenvalue weighted by molar-refractivity contribution is 5.94. The van der Waals surface area contributed by atoms with Crippen molar-refractivity contribution < 1.29 is 14.3 Å². The zero-order valence-electron chi connectivity index (χ0n) is 20.0. The second kappa shape index (κ2) is 10.4. The molecule has 0 spiro atoms. The van der Waals surface area contributed by atoms with E-state index in [0.717, 1.165) is 33.8 Å². The maximum Gasteiger partial charge on any atom is 0.322 e. The predicted molar refractivity (Wildman–Crippen MR) is 135 cm³/mol. The van der Waals surface area contributed by atoms with Crippen molar-refractivity contribution in [2.75, 3.05) is 23.4 Å². The molecule has 1 aliphatic heterocycles. The fourth-order valence-corrected chi connectivity index (χ4v) is 3.96. The molecule has 1 N–H and O–H groups in total. The molecule has 0 bridgehead atoms. The molecule has 1 heterocycles. The fourth-order valence-electron chi connectivity index (χ4n) is 3.96. The third-order valence-corrected chi connectivity index (χ3v) is 5.86. The quantitative estimate of drug-likeness (QED) is 0.542. The zero-order chi connectivity index (χ0) is 24.1. The molecular weight excluding hydrogens is 426 g/mol. The Kier molecular flexibility index (Phi) is 7.16. The third kappa shape index (κ3) is 5.57. The third-order valence-electron chi connectivity index (χ3n) is 5.86. The van der Waals surface area contributed by atoms with Crippen molar-refractivity contribution >= 4 is 23.3 Å². The topological polar surface area (TPSA) is 61.9 Å². The maximum absolute atomic E-state index is 13.0. The average Bonchev–Trinajstić information content (AvgIpc) is 3.05. The van der Waals surface area contributed by atoms with Crippen LogP contribution in [0.4, 0.5) is 16.2 Å². The Morgan fingerprint density at radius 3 is 2.47 bits per heavy atom. The molecule has 0 aliphatic carbocycles. The number of nitrogens with one attached hydrogen (secondary N) is 1. The smallest absolute Gasteiger partial charge is 0.322 e. The Bertz CT molecular complexity index is 1140. The number of hydrogen-bond donors (Lipinski definition) is 1. The number of fused-ring (bicyclic) bond motifs is 1. The largest absolute Gasteiger partial charge is 0.491 e. The van der Waals surface area contributed by atoms with E-state index >= 15 is 0 Å². The van der Waals surface area contributed by atoms with Crippen LogP contribution < -0.4 is 15.0 Å². The number of rotatable bonds is 5. The minimum atomic E-state index is -0.163. The first-order valence-electron chi connectivity index (χ1n) is 11.6. The van der Waals surface area contributed by atoms with E-state index in [1.807, 2.05) is 98.5 Å². The van der Waals surface area contributed by atoms with Crippen LogP contribution in [0, 0.1) is 12.8 Å². The van der Waals surface area contributed by atoms with Crippen LogP contribution in [0.15, 0.2) is 72.8 Å². The first kappa shape index (κ1) is 23.4. The highest BCUT2D eigenvalue weighted by Crippen LogP contribution is 2.27. The monoisotopic (exact) mass is 457 g/mol. The maximum atomic E-state index is 13.0. The molecule has 6 heteroatoms. The molecule has 3 amide bonds. The van der Waals surface area contributed by atoms with Crippen molar-refractivity contribution in [1.82, 2.24) is 4.90 Å². The fraction of sp³-hybridized carbons (Fsp3) is 0.286. The molecule has 0 fully saturated rings. The highest BCUT2D eigenvalue weighted by atomic mass is 16.5. The molecule has 1 aliphatic rings. The van der Waals surface area contributed by atoms with Gasteiger partial charge in [-0.05, 0) is 48.9 Å². The molecule has 0 aromatic heterocycles. The highest BCUT2D eigenvalue weighted by Gasteiger charge is 2.23. The molecule has 176 valence electrons. The van der Waals surface area contributed by atoms with Crippen LogP contribution in [0.5, 0.6) is 5.75 Å². The summed E-state index contributed by atoms with van der Waals surface area (Å²) in [5.74, 6) is 0.720. The Balaban J connectivity index is 1.55. The molecule has 0 radical (unpaired) electrons. The Hall–Kier alpha value is -3.80. The zero-order valence-corrected chi connectivity index (χ0v) is 20.0. The van der Waals surface area contributed by atoms with Gasteiger partial charge in [0.1, 0.15) is 12.4 Å². The normalized spacial score (nSPS) is 13.0. The molecule has 3 aromatic rings. The summed E-state index contributed by atoms with van der Waals surface area (Å²) in [5, 5.41) is 2.95. The van der Waals surface area contributed by atoms with Crippen molar-refractivity contribution in [2.24, 2.45) is 5.92 Å². The second-order valence-electron chi connectivity index (χ2n) is 8.92. The number of amides is 3. The van der Waals surface area contributed by atoms with Gasteiger partial charge in [0.15, 0.2) is 0 Å². The van der Waals surface area contributed by atoms with Crippen LogP contribution >= 0.6 is 0 Å². The van der Waals surface area contributed by atoms with Crippen molar-refractivity contribution in [2.45, 2.75) is 33.9 Å². The van der Waals surface area contributed by atoms with E-state index in [2.05, 4.69) is 5.32 Å². The number of carbonyl (C=O) groups is 2. The molecule has 3 aromatic carbocycles. The number of urea groups is 1. The minimum absolute atomic E-state index is 0.0684. The van der Waals surface area contributed by atoms with Crippen LogP contribution in [0.3, 0.4) is 0 Å². The summed E-state index contributed by atoms with van der Waals surface area (Å²) in [6.07, 6.45) is 0. The van der Waals surface area contributed by atoms with Crippen LogP contribution in [0.25, 0.3) is 0 Å². The standard InChI is InChI=1S/C28H31N3O3/c1-20(2)27(32)31(25-12-9-21(3)10-13-25)18-22-11-14-26-23(17-22)19-30(15-16-34-26)28(33)29-24-7-5-4-6-8-24/h4-14,17,20H,15-16,18-19H2,1-3H3,(H,29,33). The van der Waals surface area contributed by atoms with Crippen molar-refractivity contribution in [3.8, 4) is 5.75 Å². The van der Waals surface area contributed by atoms with E-state index in [9.17, 15) is 9.59 Å². The van der Waals surface area contributed by atoms with Gasteiger partial charge in [0.05, 0.1) is 19.6 Å². The molecule has 34 heavy (non-hydrogen) atoms. The number of ether oxygens (including phenoxy) is 1. The molecule has 0 saturated carbocycles. The number of hydrogen-bond acceptors (Lipinski definition) is 3. The van der Waals surface area contributed by atoms with Gasteiger partial charge in [-0.25, -0.2) is 4.79 Å². The van der Waals surface area contributed by atoms with Gasteiger partial charge in [-0.2, -0.15) is 0 Å². The summed E-state index contributed by atoms with van der Waals surface area (Å²) in [5.41, 5.74) is 4.70. The molecule has 0 atom stereocenters. The van der Waals surface area contributed by atoms with E-state index in [0.29, 0.717) is 26.2 Å². The van der Waals surface area contributed by atoms with E-state index in [4.69, 9.17) is 4.74 Å². The van der Waals surface area contributed by atoms with E-state index in [1.54, 1.807) is 4.90 Å². The van der Waals surface area contributed by atoms with Crippen molar-refractivity contribution in [3.05, 3.63) is 89.5 Å². The van der Waals surface area contributed by atoms with Crippen molar-refractivity contribution in [3.63, 3.8) is 0 Å². The van der Waals surface area contributed by atoms with E-state index in [1.165, 1.54) is 0 Å². The Morgan fingerprint density at radius 2 is 1.76 bits per heavy atom. The lowest BCUT2D eigenvalue weighted by atomic mass is 10.1. The number of aryl methyl sites for hydroxylation is 1. The van der Waals surface area contributed by atoms with Gasteiger partial charge in [-0.3, -0.25) is 4.79 Å². The number of para-hydroxylation sites is 1. The van der Waals surface area contributed by atoms with Gasteiger partial charge in [-0.1, -0.05) is 55.8 Å².